The Hall–Kier alpha value is -2.32. The fraction of sp³-hybridized carbons (Fsp3) is 0.214. The van der Waals surface area contributed by atoms with E-state index in [1.807, 2.05) is 0 Å². The van der Waals surface area contributed by atoms with E-state index in [1.165, 1.54) is 18.3 Å². The van der Waals surface area contributed by atoms with Gasteiger partial charge in [-0.15, -0.1) is 11.3 Å². The number of hydrogen-bond acceptors (Lipinski definition) is 5. The molecule has 116 valence electrons. The summed E-state index contributed by atoms with van der Waals surface area (Å²) in [5, 5.41) is 25.3. The van der Waals surface area contributed by atoms with Crippen LogP contribution in [0.25, 0.3) is 0 Å². The Morgan fingerprint density at radius 2 is 2.23 bits per heavy atom. The molecule has 1 aromatic carbocycles. The van der Waals surface area contributed by atoms with E-state index < -0.39 is 27.9 Å². The second-order valence-electron chi connectivity index (χ2n) is 4.85. The van der Waals surface area contributed by atoms with E-state index in [2.05, 4.69) is 5.32 Å². The zero-order chi connectivity index (χ0) is 16.3. The van der Waals surface area contributed by atoms with Gasteiger partial charge in [0.25, 0.3) is 11.6 Å². The summed E-state index contributed by atoms with van der Waals surface area (Å²) in [6.07, 6.45) is 0. The van der Waals surface area contributed by atoms with E-state index in [1.54, 1.807) is 17.5 Å². The lowest BCUT2D eigenvalue weighted by molar-refractivity contribution is -0.385. The van der Waals surface area contributed by atoms with Gasteiger partial charge in [0.05, 0.1) is 11.5 Å². The van der Waals surface area contributed by atoms with E-state index in [9.17, 15) is 24.4 Å². The minimum atomic E-state index is -1.31. The van der Waals surface area contributed by atoms with Gasteiger partial charge in [-0.05, 0) is 30.5 Å². The van der Waals surface area contributed by atoms with Crippen LogP contribution in [0.1, 0.15) is 22.2 Å². The first-order valence-electron chi connectivity index (χ1n) is 6.30. The smallest absolute Gasteiger partial charge is 0.282 e. The molecule has 0 bridgehead atoms. The molecule has 8 heteroatoms. The molecule has 2 rings (SSSR count). The molecule has 1 amide bonds. The van der Waals surface area contributed by atoms with Gasteiger partial charge in [0.1, 0.15) is 17.0 Å². The number of nitro groups is 1. The van der Waals surface area contributed by atoms with E-state index in [0.29, 0.717) is 4.88 Å². The zero-order valence-corrected chi connectivity index (χ0v) is 12.4. The second-order valence-corrected chi connectivity index (χ2v) is 5.80. The highest BCUT2D eigenvalue weighted by molar-refractivity contribution is 7.10. The summed E-state index contributed by atoms with van der Waals surface area (Å²) < 4.78 is 13.2. The lowest BCUT2D eigenvalue weighted by Gasteiger charge is -2.22. The standard InChI is InChI=1S/C14H13FN2O4S/c1-14(19,12-3-2-6-22-12)8-16-13(18)10-7-9(15)4-5-11(10)17(20)21/h2-7,19H,8H2,1H3,(H,16,18)/t14-/m0/s1. The van der Waals surface area contributed by atoms with Crippen molar-refractivity contribution in [2.45, 2.75) is 12.5 Å². The summed E-state index contributed by atoms with van der Waals surface area (Å²) in [5.74, 6) is -1.57. The predicted molar refractivity (Wildman–Crippen MR) is 79.3 cm³/mol. The van der Waals surface area contributed by atoms with Crippen molar-refractivity contribution in [3.05, 3.63) is 62.1 Å². The Kier molecular flexibility index (Phi) is 4.53. The second kappa shape index (κ2) is 6.20. The van der Waals surface area contributed by atoms with Crippen molar-refractivity contribution in [2.75, 3.05) is 6.54 Å². The number of carbonyl (C=O) groups excluding carboxylic acids is 1. The highest BCUT2D eigenvalue weighted by Gasteiger charge is 2.27. The van der Waals surface area contributed by atoms with Crippen LogP contribution in [-0.2, 0) is 5.60 Å². The average molecular weight is 324 g/mol. The average Bonchev–Trinajstić information content (AvgIpc) is 2.99. The van der Waals surface area contributed by atoms with Crippen molar-refractivity contribution < 1.29 is 19.2 Å². The molecule has 22 heavy (non-hydrogen) atoms. The van der Waals surface area contributed by atoms with Gasteiger partial charge >= 0.3 is 0 Å². The maximum atomic E-state index is 13.2. The number of amides is 1. The van der Waals surface area contributed by atoms with Crippen LogP contribution in [0.15, 0.2) is 35.7 Å². The Labute approximate surface area is 129 Å². The molecule has 2 N–H and O–H groups in total. The molecule has 1 atom stereocenters. The third-order valence-corrected chi connectivity index (χ3v) is 4.17. The molecule has 0 saturated heterocycles. The van der Waals surface area contributed by atoms with Gasteiger partial charge in [0.15, 0.2) is 0 Å². The SMILES string of the molecule is C[C@](O)(CNC(=O)c1cc(F)ccc1[N+](=O)[O-])c1cccs1. The van der Waals surface area contributed by atoms with Crippen LogP contribution in [-0.4, -0.2) is 22.5 Å². The third-order valence-electron chi connectivity index (χ3n) is 3.05. The van der Waals surface area contributed by atoms with Crippen LogP contribution in [0, 0.1) is 15.9 Å². The molecule has 0 aliphatic carbocycles. The summed E-state index contributed by atoms with van der Waals surface area (Å²) in [6, 6.07) is 6.11. The van der Waals surface area contributed by atoms with Gasteiger partial charge in [0, 0.05) is 10.9 Å². The number of thiophene rings is 1. The molecule has 1 aromatic heterocycles. The van der Waals surface area contributed by atoms with Crippen LogP contribution < -0.4 is 5.32 Å². The number of nitrogens with zero attached hydrogens (tertiary/aromatic N) is 1. The highest BCUT2D eigenvalue weighted by atomic mass is 32.1. The zero-order valence-electron chi connectivity index (χ0n) is 11.6. The highest BCUT2D eigenvalue weighted by Crippen LogP contribution is 2.25. The minimum Gasteiger partial charge on any atom is -0.383 e. The molecular formula is C14H13FN2O4S. The number of rotatable bonds is 5. The first-order chi connectivity index (χ1) is 10.3. The van der Waals surface area contributed by atoms with Gasteiger partial charge < -0.3 is 10.4 Å². The number of nitro benzene ring substituents is 1. The van der Waals surface area contributed by atoms with Crippen LogP contribution >= 0.6 is 11.3 Å². The number of carbonyl (C=O) groups is 1. The van der Waals surface area contributed by atoms with Crippen LogP contribution in [0.5, 0.6) is 0 Å². The topological polar surface area (TPSA) is 92.5 Å². The molecule has 0 spiro atoms. The fourth-order valence-corrected chi connectivity index (χ4v) is 2.66. The molecule has 0 aliphatic heterocycles. The predicted octanol–water partition coefficient (Wildman–Crippen LogP) is 2.43. The Balaban J connectivity index is 2.16. The molecule has 0 radical (unpaired) electrons. The van der Waals surface area contributed by atoms with Crippen molar-refractivity contribution in [2.24, 2.45) is 0 Å². The first-order valence-corrected chi connectivity index (χ1v) is 7.18. The lowest BCUT2D eigenvalue weighted by Crippen LogP contribution is -2.38. The van der Waals surface area contributed by atoms with Crippen molar-refractivity contribution in [3.63, 3.8) is 0 Å². The van der Waals surface area contributed by atoms with E-state index in [4.69, 9.17) is 0 Å². The molecule has 0 unspecified atom stereocenters. The van der Waals surface area contributed by atoms with Crippen LogP contribution in [0.4, 0.5) is 10.1 Å². The molecule has 0 aliphatic rings. The van der Waals surface area contributed by atoms with Crippen molar-refractivity contribution in [1.82, 2.24) is 5.32 Å². The maximum Gasteiger partial charge on any atom is 0.282 e. The monoisotopic (exact) mass is 324 g/mol. The van der Waals surface area contributed by atoms with E-state index in [-0.39, 0.29) is 12.1 Å². The number of benzene rings is 1. The quantitative estimate of drug-likeness (QED) is 0.652. The van der Waals surface area contributed by atoms with Gasteiger partial charge in [-0.25, -0.2) is 4.39 Å². The summed E-state index contributed by atoms with van der Waals surface area (Å²) in [6.45, 7) is 1.36. The van der Waals surface area contributed by atoms with Crippen molar-refractivity contribution >= 4 is 22.9 Å². The summed E-state index contributed by atoms with van der Waals surface area (Å²) in [7, 11) is 0. The van der Waals surface area contributed by atoms with Crippen LogP contribution in [0.2, 0.25) is 0 Å². The summed E-state index contributed by atoms with van der Waals surface area (Å²) in [4.78, 5) is 22.8. The number of nitrogens with one attached hydrogen (secondary N) is 1. The van der Waals surface area contributed by atoms with Gasteiger partial charge in [-0.1, -0.05) is 6.07 Å². The van der Waals surface area contributed by atoms with E-state index in [0.717, 1.165) is 18.2 Å². The summed E-state index contributed by atoms with van der Waals surface area (Å²) in [5.41, 5.74) is -2.19. The lowest BCUT2D eigenvalue weighted by atomic mass is 10.0. The number of halogens is 1. The van der Waals surface area contributed by atoms with Gasteiger partial charge in [0.2, 0.25) is 0 Å². The normalized spacial score (nSPS) is 13.4. The molecule has 2 aromatic rings. The largest absolute Gasteiger partial charge is 0.383 e. The molecule has 6 nitrogen and oxygen atoms in total. The molecule has 0 saturated carbocycles. The van der Waals surface area contributed by atoms with Crippen molar-refractivity contribution in [3.8, 4) is 0 Å². The Morgan fingerprint density at radius 3 is 2.82 bits per heavy atom. The molecular weight excluding hydrogens is 311 g/mol. The van der Waals surface area contributed by atoms with Crippen molar-refractivity contribution in [1.29, 1.82) is 0 Å². The van der Waals surface area contributed by atoms with Gasteiger partial charge in [-0.3, -0.25) is 14.9 Å². The maximum absolute atomic E-state index is 13.2. The van der Waals surface area contributed by atoms with Crippen LogP contribution in [0.3, 0.4) is 0 Å². The van der Waals surface area contributed by atoms with Gasteiger partial charge in [-0.2, -0.15) is 0 Å². The molecule has 1 heterocycles. The summed E-state index contributed by atoms with van der Waals surface area (Å²) >= 11 is 1.32. The number of hydrogen-bond donors (Lipinski definition) is 2. The molecule has 0 fully saturated rings. The van der Waals surface area contributed by atoms with E-state index >= 15 is 0 Å². The fourth-order valence-electron chi connectivity index (χ4n) is 1.87. The Bertz CT molecular complexity index is 701. The minimum absolute atomic E-state index is 0.153. The number of aliphatic hydroxyl groups is 1. The first kappa shape index (κ1) is 16.1. The Morgan fingerprint density at radius 1 is 1.50 bits per heavy atom. The third kappa shape index (κ3) is 3.46.